The van der Waals surface area contributed by atoms with E-state index < -0.39 is 11.7 Å². The van der Waals surface area contributed by atoms with Crippen LogP contribution in [0.5, 0.6) is 0 Å². The zero-order valence-electron chi connectivity index (χ0n) is 13.9. The van der Waals surface area contributed by atoms with Crippen molar-refractivity contribution in [1.29, 1.82) is 0 Å². The van der Waals surface area contributed by atoms with Crippen LogP contribution in [0.4, 0.5) is 10.1 Å². The van der Waals surface area contributed by atoms with E-state index in [-0.39, 0.29) is 17.0 Å². The lowest BCUT2D eigenvalue weighted by atomic mass is 10.2. The first-order valence-corrected chi connectivity index (χ1v) is 9.10. The van der Waals surface area contributed by atoms with Gasteiger partial charge in [0, 0.05) is 18.7 Å². The van der Waals surface area contributed by atoms with Crippen LogP contribution < -0.4 is 5.32 Å². The summed E-state index contributed by atoms with van der Waals surface area (Å²) in [4.78, 5) is 26.3. The fourth-order valence-corrected chi connectivity index (χ4v) is 3.78. The molecule has 1 saturated heterocycles. The SMILES string of the molecule is CCCC(=O)N1CCC[C@@H]1c1nnc(C(=O)Nc2cccc(F)c2)s1. The molecule has 6 nitrogen and oxygen atoms in total. The molecule has 0 aliphatic carbocycles. The smallest absolute Gasteiger partial charge is 0.286 e. The summed E-state index contributed by atoms with van der Waals surface area (Å²) in [7, 11) is 0. The predicted octanol–water partition coefficient (Wildman–Crippen LogP) is 3.39. The van der Waals surface area contributed by atoms with Crippen LogP contribution in [0.1, 0.15) is 53.5 Å². The molecule has 3 rings (SSSR count). The molecule has 0 spiro atoms. The van der Waals surface area contributed by atoms with Gasteiger partial charge in [-0.3, -0.25) is 9.59 Å². The van der Waals surface area contributed by atoms with E-state index in [1.165, 1.54) is 29.5 Å². The Morgan fingerprint density at radius 2 is 2.24 bits per heavy atom. The van der Waals surface area contributed by atoms with Gasteiger partial charge in [-0.25, -0.2) is 4.39 Å². The molecule has 0 radical (unpaired) electrons. The third-order valence-corrected chi connectivity index (χ3v) is 5.06. The van der Waals surface area contributed by atoms with E-state index in [0.717, 1.165) is 19.3 Å². The summed E-state index contributed by atoms with van der Waals surface area (Å²) in [5.41, 5.74) is 0.363. The van der Waals surface area contributed by atoms with Crippen molar-refractivity contribution in [2.75, 3.05) is 11.9 Å². The summed E-state index contributed by atoms with van der Waals surface area (Å²) in [5.74, 6) is -0.739. The van der Waals surface area contributed by atoms with Gasteiger partial charge in [-0.2, -0.15) is 0 Å². The topological polar surface area (TPSA) is 75.2 Å². The number of halogens is 1. The highest BCUT2D eigenvalue weighted by atomic mass is 32.1. The minimum atomic E-state index is -0.432. The molecule has 1 atom stereocenters. The third-order valence-electron chi connectivity index (χ3n) is 4.04. The van der Waals surface area contributed by atoms with E-state index in [1.54, 1.807) is 6.07 Å². The van der Waals surface area contributed by atoms with Gasteiger partial charge >= 0.3 is 0 Å². The van der Waals surface area contributed by atoms with Crippen molar-refractivity contribution in [2.45, 2.75) is 38.6 Å². The van der Waals surface area contributed by atoms with Crippen LogP contribution in [0.15, 0.2) is 24.3 Å². The Hall–Kier alpha value is -2.35. The van der Waals surface area contributed by atoms with Crippen molar-refractivity contribution < 1.29 is 14.0 Å². The second-order valence-corrected chi connectivity index (χ2v) is 6.91. The molecule has 1 aliphatic heterocycles. The minimum absolute atomic E-state index is 0.104. The Morgan fingerprint density at radius 3 is 3.00 bits per heavy atom. The third kappa shape index (κ3) is 4.01. The molecule has 8 heteroatoms. The van der Waals surface area contributed by atoms with Crippen LogP contribution in [0, 0.1) is 5.82 Å². The van der Waals surface area contributed by atoms with E-state index in [1.807, 2.05) is 11.8 Å². The summed E-state index contributed by atoms with van der Waals surface area (Å²) in [6.45, 7) is 2.69. The van der Waals surface area contributed by atoms with Crippen LogP contribution in [-0.4, -0.2) is 33.5 Å². The molecule has 0 unspecified atom stereocenters. The Morgan fingerprint density at radius 1 is 1.40 bits per heavy atom. The maximum Gasteiger partial charge on any atom is 0.286 e. The Labute approximate surface area is 149 Å². The van der Waals surface area contributed by atoms with Gasteiger partial charge in [0.1, 0.15) is 10.8 Å². The quantitative estimate of drug-likeness (QED) is 0.885. The van der Waals surface area contributed by atoms with Gasteiger partial charge in [-0.15, -0.1) is 10.2 Å². The van der Waals surface area contributed by atoms with Gasteiger partial charge in [0.2, 0.25) is 10.9 Å². The van der Waals surface area contributed by atoms with E-state index in [2.05, 4.69) is 15.5 Å². The minimum Gasteiger partial charge on any atom is -0.333 e. The van der Waals surface area contributed by atoms with Crippen LogP contribution in [0.3, 0.4) is 0 Å². The second-order valence-electron chi connectivity index (χ2n) is 5.91. The van der Waals surface area contributed by atoms with E-state index in [4.69, 9.17) is 0 Å². The Balaban J connectivity index is 1.71. The molecular formula is C17H19FN4O2S. The molecule has 1 aromatic heterocycles. The zero-order chi connectivity index (χ0) is 17.8. The molecule has 1 N–H and O–H groups in total. The first-order valence-electron chi connectivity index (χ1n) is 8.28. The van der Waals surface area contributed by atoms with Gasteiger partial charge in [0.15, 0.2) is 0 Å². The largest absolute Gasteiger partial charge is 0.333 e. The van der Waals surface area contributed by atoms with Crippen molar-refractivity contribution in [3.63, 3.8) is 0 Å². The number of nitrogens with one attached hydrogen (secondary N) is 1. The molecule has 1 aromatic carbocycles. The number of rotatable bonds is 5. The standard InChI is InChI=1S/C17H19FN4O2S/c1-2-5-14(23)22-9-4-8-13(22)16-20-21-17(25-16)15(24)19-12-7-3-6-11(18)10-12/h3,6-7,10,13H,2,4-5,8-9H2,1H3,(H,19,24)/t13-/m1/s1. The number of likely N-dealkylation sites (tertiary alicyclic amines) is 1. The molecule has 1 aliphatic rings. The second kappa shape index (κ2) is 7.69. The number of hydrogen-bond acceptors (Lipinski definition) is 5. The van der Waals surface area contributed by atoms with E-state index in [0.29, 0.717) is 23.7 Å². The zero-order valence-corrected chi connectivity index (χ0v) is 14.7. The molecule has 2 amide bonds. The molecule has 2 aromatic rings. The number of hydrogen-bond donors (Lipinski definition) is 1. The molecular weight excluding hydrogens is 343 g/mol. The summed E-state index contributed by atoms with van der Waals surface area (Å²) in [5, 5.41) is 11.5. The van der Waals surface area contributed by atoms with Gasteiger partial charge in [-0.1, -0.05) is 24.3 Å². The number of nitrogens with zero attached hydrogens (tertiary/aromatic N) is 3. The monoisotopic (exact) mass is 362 g/mol. The predicted molar refractivity (Wildman–Crippen MR) is 92.9 cm³/mol. The van der Waals surface area contributed by atoms with E-state index in [9.17, 15) is 14.0 Å². The summed E-state index contributed by atoms with van der Waals surface area (Å²) in [6.07, 6.45) is 3.07. The average Bonchev–Trinajstić information content (AvgIpc) is 3.24. The Bertz CT molecular complexity index is 780. The molecule has 0 bridgehead atoms. The molecule has 0 saturated carbocycles. The van der Waals surface area contributed by atoms with Gasteiger partial charge in [0.25, 0.3) is 5.91 Å². The normalized spacial score (nSPS) is 16.9. The lowest BCUT2D eigenvalue weighted by molar-refractivity contribution is -0.132. The average molecular weight is 362 g/mol. The Kier molecular flexibility index (Phi) is 5.37. The highest BCUT2D eigenvalue weighted by Gasteiger charge is 2.32. The number of amides is 2. The fourth-order valence-electron chi connectivity index (χ4n) is 2.89. The number of benzene rings is 1. The lowest BCUT2D eigenvalue weighted by Gasteiger charge is -2.22. The van der Waals surface area contributed by atoms with E-state index >= 15 is 0 Å². The summed E-state index contributed by atoms with van der Waals surface area (Å²) < 4.78 is 13.2. The number of anilines is 1. The van der Waals surface area contributed by atoms with Crippen molar-refractivity contribution in [1.82, 2.24) is 15.1 Å². The van der Waals surface area contributed by atoms with Crippen molar-refractivity contribution in [3.8, 4) is 0 Å². The first-order chi connectivity index (χ1) is 12.1. The van der Waals surface area contributed by atoms with Crippen molar-refractivity contribution in [3.05, 3.63) is 40.1 Å². The van der Waals surface area contributed by atoms with Gasteiger partial charge in [-0.05, 0) is 37.5 Å². The van der Waals surface area contributed by atoms with Crippen molar-refractivity contribution >= 4 is 28.8 Å². The highest BCUT2D eigenvalue weighted by Crippen LogP contribution is 2.34. The maximum absolute atomic E-state index is 13.2. The van der Waals surface area contributed by atoms with Crippen molar-refractivity contribution in [2.24, 2.45) is 0 Å². The summed E-state index contributed by atoms with van der Waals surface area (Å²) >= 11 is 1.18. The number of carbonyl (C=O) groups is 2. The first kappa shape index (κ1) is 17.5. The summed E-state index contributed by atoms with van der Waals surface area (Å²) in [6, 6.07) is 5.56. The fraction of sp³-hybridized carbons (Fsp3) is 0.412. The van der Waals surface area contributed by atoms with Gasteiger partial charge < -0.3 is 10.2 Å². The number of aromatic nitrogens is 2. The van der Waals surface area contributed by atoms with Crippen LogP contribution in [-0.2, 0) is 4.79 Å². The molecule has 1 fully saturated rings. The van der Waals surface area contributed by atoms with Crippen LogP contribution in [0.25, 0.3) is 0 Å². The van der Waals surface area contributed by atoms with Crippen LogP contribution in [0.2, 0.25) is 0 Å². The molecule has 132 valence electrons. The van der Waals surface area contributed by atoms with Crippen LogP contribution >= 0.6 is 11.3 Å². The maximum atomic E-state index is 13.2. The highest BCUT2D eigenvalue weighted by molar-refractivity contribution is 7.13. The molecule has 25 heavy (non-hydrogen) atoms. The number of carbonyl (C=O) groups excluding carboxylic acids is 2. The lowest BCUT2D eigenvalue weighted by Crippen LogP contribution is -2.30. The van der Waals surface area contributed by atoms with Gasteiger partial charge in [0.05, 0.1) is 6.04 Å². The molecule has 2 heterocycles.